The Morgan fingerprint density at radius 3 is 2.94 bits per heavy atom. The second kappa shape index (κ2) is 7.61. The molecule has 0 radical (unpaired) electrons. The van der Waals surface area contributed by atoms with Crippen molar-refractivity contribution in [3.05, 3.63) is 0 Å². The van der Waals surface area contributed by atoms with Gasteiger partial charge in [0, 0.05) is 18.9 Å². The van der Waals surface area contributed by atoms with Crippen molar-refractivity contribution in [3.63, 3.8) is 0 Å². The van der Waals surface area contributed by atoms with Crippen molar-refractivity contribution >= 4 is 23.0 Å². The molecule has 98 valence electrons. The second-order valence-electron chi connectivity index (χ2n) is 4.52. The summed E-state index contributed by atoms with van der Waals surface area (Å²) in [4.78, 5) is 0. The van der Waals surface area contributed by atoms with Crippen molar-refractivity contribution in [1.29, 1.82) is 0 Å². The maximum Gasteiger partial charge on any atom is 0.187 e. The van der Waals surface area contributed by atoms with E-state index in [-0.39, 0.29) is 0 Å². The van der Waals surface area contributed by atoms with Crippen molar-refractivity contribution in [1.82, 2.24) is 10.7 Å². The molecule has 17 heavy (non-hydrogen) atoms. The first-order valence-electron chi connectivity index (χ1n) is 6.33. The van der Waals surface area contributed by atoms with Crippen LogP contribution < -0.4 is 10.7 Å². The van der Waals surface area contributed by atoms with Gasteiger partial charge in [-0.05, 0) is 44.3 Å². The molecule has 2 N–H and O–H groups in total. The molecule has 4 nitrogen and oxygen atoms in total. The van der Waals surface area contributed by atoms with Crippen LogP contribution in [0.1, 0.15) is 40.0 Å². The fourth-order valence-electron chi connectivity index (χ4n) is 1.60. The Labute approximate surface area is 109 Å². The normalized spacial score (nSPS) is 22.3. The van der Waals surface area contributed by atoms with Crippen LogP contribution >= 0.6 is 12.2 Å². The van der Waals surface area contributed by atoms with Crippen LogP contribution in [0.4, 0.5) is 0 Å². The van der Waals surface area contributed by atoms with E-state index >= 15 is 0 Å². The fourth-order valence-corrected chi connectivity index (χ4v) is 1.72. The van der Waals surface area contributed by atoms with E-state index in [1.807, 2.05) is 6.92 Å². The van der Waals surface area contributed by atoms with E-state index in [0.29, 0.717) is 17.1 Å². The van der Waals surface area contributed by atoms with Crippen molar-refractivity contribution in [2.45, 2.75) is 46.1 Å². The minimum absolute atomic E-state index is 0.300. The zero-order chi connectivity index (χ0) is 12.7. The number of nitrogens with one attached hydrogen (secondary N) is 2. The lowest BCUT2D eigenvalue weighted by Gasteiger charge is -2.13. The SMILES string of the molecule is CC[C@@H](C)/C(C)=N\NC(=S)NC[C@@H]1CCCO1. The molecule has 0 bridgehead atoms. The standard InChI is InChI=1S/C12H23N3OS/c1-4-9(2)10(3)14-15-12(17)13-8-11-6-5-7-16-11/h9,11H,4-8H2,1-3H3,(H2,13,15,17)/b14-10-/t9-,11+/m1/s1. The third-order valence-electron chi connectivity index (χ3n) is 3.17. The number of hydrogen-bond acceptors (Lipinski definition) is 3. The van der Waals surface area contributed by atoms with E-state index in [1.165, 1.54) is 0 Å². The molecule has 0 unspecified atom stereocenters. The fraction of sp³-hybridized carbons (Fsp3) is 0.833. The summed E-state index contributed by atoms with van der Waals surface area (Å²) >= 11 is 5.14. The average Bonchev–Trinajstić information content (AvgIpc) is 2.85. The highest BCUT2D eigenvalue weighted by molar-refractivity contribution is 7.80. The molecule has 0 amide bonds. The molecular weight excluding hydrogens is 234 g/mol. The van der Waals surface area contributed by atoms with Crippen LogP contribution in [0.5, 0.6) is 0 Å². The molecule has 5 heteroatoms. The molecule has 0 aliphatic carbocycles. The molecule has 2 atom stereocenters. The molecule has 1 aliphatic heterocycles. The Bertz CT molecular complexity index is 275. The average molecular weight is 257 g/mol. The Morgan fingerprint density at radius 2 is 2.35 bits per heavy atom. The van der Waals surface area contributed by atoms with Gasteiger partial charge < -0.3 is 10.1 Å². The number of thiocarbonyl (C=S) groups is 1. The summed E-state index contributed by atoms with van der Waals surface area (Å²) in [6.07, 6.45) is 3.66. The van der Waals surface area contributed by atoms with Crippen LogP contribution in [-0.4, -0.2) is 30.1 Å². The van der Waals surface area contributed by atoms with Crippen LogP contribution in [0, 0.1) is 5.92 Å². The summed E-state index contributed by atoms with van der Waals surface area (Å²) in [5.41, 5.74) is 3.95. The van der Waals surface area contributed by atoms with Gasteiger partial charge in [-0.3, -0.25) is 5.43 Å². The molecule has 1 aliphatic rings. The quantitative estimate of drug-likeness (QED) is 0.449. The van der Waals surface area contributed by atoms with E-state index in [9.17, 15) is 0 Å². The molecule has 0 aromatic carbocycles. The maximum atomic E-state index is 5.50. The number of hydrazone groups is 1. The molecule has 1 fully saturated rings. The van der Waals surface area contributed by atoms with E-state index in [4.69, 9.17) is 17.0 Å². The largest absolute Gasteiger partial charge is 0.376 e. The van der Waals surface area contributed by atoms with E-state index in [1.54, 1.807) is 0 Å². The van der Waals surface area contributed by atoms with Crippen molar-refractivity contribution in [3.8, 4) is 0 Å². The van der Waals surface area contributed by atoms with Crippen molar-refractivity contribution in [2.24, 2.45) is 11.0 Å². The summed E-state index contributed by atoms with van der Waals surface area (Å²) in [7, 11) is 0. The van der Waals surface area contributed by atoms with Crippen LogP contribution in [0.15, 0.2) is 5.10 Å². The smallest absolute Gasteiger partial charge is 0.187 e. The monoisotopic (exact) mass is 257 g/mol. The Kier molecular flexibility index (Phi) is 6.44. The van der Waals surface area contributed by atoms with Gasteiger partial charge in [-0.2, -0.15) is 5.10 Å². The first-order valence-corrected chi connectivity index (χ1v) is 6.74. The van der Waals surface area contributed by atoms with Crippen LogP contribution in [0.25, 0.3) is 0 Å². The van der Waals surface area contributed by atoms with Gasteiger partial charge in [-0.15, -0.1) is 0 Å². The van der Waals surface area contributed by atoms with E-state index in [2.05, 4.69) is 29.7 Å². The zero-order valence-corrected chi connectivity index (χ0v) is 11.8. The third-order valence-corrected chi connectivity index (χ3v) is 3.41. The Hall–Kier alpha value is -0.680. The minimum Gasteiger partial charge on any atom is -0.376 e. The second-order valence-corrected chi connectivity index (χ2v) is 4.93. The molecule has 1 saturated heterocycles. The van der Waals surface area contributed by atoms with Gasteiger partial charge in [0.25, 0.3) is 0 Å². The highest BCUT2D eigenvalue weighted by atomic mass is 32.1. The highest BCUT2D eigenvalue weighted by Crippen LogP contribution is 2.10. The summed E-state index contributed by atoms with van der Waals surface area (Å²) in [5.74, 6) is 0.489. The number of rotatable bonds is 5. The van der Waals surface area contributed by atoms with Crippen molar-refractivity contribution < 1.29 is 4.74 Å². The topological polar surface area (TPSA) is 45.7 Å². The number of ether oxygens (including phenoxy) is 1. The number of hydrogen-bond donors (Lipinski definition) is 2. The van der Waals surface area contributed by atoms with Gasteiger partial charge >= 0.3 is 0 Å². The summed E-state index contributed by atoms with van der Waals surface area (Å²) < 4.78 is 5.50. The molecule has 1 heterocycles. The van der Waals surface area contributed by atoms with Gasteiger partial charge in [0.2, 0.25) is 0 Å². The lowest BCUT2D eigenvalue weighted by Crippen LogP contribution is -2.37. The summed E-state index contributed by atoms with van der Waals surface area (Å²) in [6, 6.07) is 0. The molecule has 0 aromatic rings. The van der Waals surface area contributed by atoms with Crippen LogP contribution in [0.3, 0.4) is 0 Å². The molecule has 0 saturated carbocycles. The van der Waals surface area contributed by atoms with Crippen LogP contribution in [-0.2, 0) is 4.74 Å². The molecule has 0 aromatic heterocycles. The Balaban J connectivity index is 2.20. The first-order chi connectivity index (χ1) is 8.13. The lowest BCUT2D eigenvalue weighted by atomic mass is 10.1. The zero-order valence-electron chi connectivity index (χ0n) is 11.0. The van der Waals surface area contributed by atoms with Gasteiger partial charge in [0.05, 0.1) is 6.10 Å². The van der Waals surface area contributed by atoms with Gasteiger partial charge in [-0.1, -0.05) is 13.8 Å². The van der Waals surface area contributed by atoms with E-state index < -0.39 is 0 Å². The van der Waals surface area contributed by atoms with Gasteiger partial charge in [0.15, 0.2) is 5.11 Å². The molecule has 1 rings (SSSR count). The van der Waals surface area contributed by atoms with E-state index in [0.717, 1.165) is 38.1 Å². The van der Waals surface area contributed by atoms with Crippen molar-refractivity contribution in [2.75, 3.05) is 13.2 Å². The highest BCUT2D eigenvalue weighted by Gasteiger charge is 2.15. The molecular formula is C12H23N3OS. The maximum absolute atomic E-state index is 5.50. The molecule has 0 spiro atoms. The van der Waals surface area contributed by atoms with Gasteiger partial charge in [-0.25, -0.2) is 0 Å². The first kappa shape index (κ1) is 14.4. The third kappa shape index (κ3) is 5.46. The summed E-state index contributed by atoms with van der Waals surface area (Å²) in [5, 5.41) is 7.96. The number of nitrogens with zero attached hydrogens (tertiary/aromatic N) is 1. The minimum atomic E-state index is 0.300. The van der Waals surface area contributed by atoms with Gasteiger partial charge in [0.1, 0.15) is 0 Å². The summed E-state index contributed by atoms with van der Waals surface area (Å²) in [6.45, 7) is 7.96. The Morgan fingerprint density at radius 1 is 1.59 bits per heavy atom. The lowest BCUT2D eigenvalue weighted by molar-refractivity contribution is 0.114. The predicted molar refractivity (Wildman–Crippen MR) is 75.3 cm³/mol. The van der Waals surface area contributed by atoms with Crippen LogP contribution in [0.2, 0.25) is 0 Å². The predicted octanol–water partition coefficient (Wildman–Crippen LogP) is 2.05.